The number of nitrogens with one attached hydrogen (secondary N) is 1. The Labute approximate surface area is 119 Å². The third kappa shape index (κ3) is 3.07. The smallest absolute Gasteiger partial charge is 0.123 e. The molecule has 3 nitrogen and oxygen atoms in total. The number of aryl methyl sites for hydroxylation is 2. The summed E-state index contributed by atoms with van der Waals surface area (Å²) in [5.74, 6) is -0.192. The van der Waals surface area contributed by atoms with E-state index in [2.05, 4.69) is 24.3 Å². The van der Waals surface area contributed by atoms with Crippen LogP contribution in [0.25, 0.3) is 0 Å². The molecular weight excluding hydrogens is 253 g/mol. The molecule has 1 aromatic carbocycles. The number of rotatable bonds is 5. The highest BCUT2D eigenvalue weighted by Gasteiger charge is 2.19. The molecule has 0 saturated carbocycles. The zero-order valence-electron chi connectivity index (χ0n) is 12.6. The first kappa shape index (κ1) is 14.7. The van der Waals surface area contributed by atoms with Crippen molar-refractivity contribution in [1.29, 1.82) is 0 Å². The molecule has 0 radical (unpaired) electrons. The largest absolute Gasteiger partial charge is 0.310 e. The average Bonchev–Trinajstić information content (AvgIpc) is 2.66. The van der Waals surface area contributed by atoms with E-state index in [1.54, 1.807) is 0 Å². The Kier molecular flexibility index (Phi) is 4.55. The van der Waals surface area contributed by atoms with Crippen LogP contribution in [0.15, 0.2) is 24.3 Å². The Morgan fingerprint density at radius 3 is 2.40 bits per heavy atom. The Morgan fingerprint density at radius 1 is 1.25 bits per heavy atom. The highest BCUT2D eigenvalue weighted by Crippen LogP contribution is 2.24. The third-order valence-electron chi connectivity index (χ3n) is 3.72. The Morgan fingerprint density at radius 2 is 1.90 bits per heavy atom. The molecule has 2 aromatic rings. The van der Waals surface area contributed by atoms with Gasteiger partial charge in [-0.25, -0.2) is 4.39 Å². The first-order valence-corrected chi connectivity index (χ1v) is 7.00. The number of hydrogen-bond acceptors (Lipinski definition) is 2. The van der Waals surface area contributed by atoms with Crippen LogP contribution in [0.1, 0.15) is 35.5 Å². The van der Waals surface area contributed by atoms with Crippen LogP contribution in [0.3, 0.4) is 0 Å². The monoisotopic (exact) mass is 275 g/mol. The van der Waals surface area contributed by atoms with Gasteiger partial charge in [0, 0.05) is 24.3 Å². The van der Waals surface area contributed by atoms with Crippen molar-refractivity contribution in [3.05, 3.63) is 52.6 Å². The minimum atomic E-state index is -0.192. The van der Waals surface area contributed by atoms with Gasteiger partial charge in [-0.3, -0.25) is 4.68 Å². The fourth-order valence-corrected chi connectivity index (χ4v) is 2.67. The van der Waals surface area contributed by atoms with Crippen molar-refractivity contribution in [3.63, 3.8) is 0 Å². The summed E-state index contributed by atoms with van der Waals surface area (Å²) in [6.45, 7) is 7.11. The van der Waals surface area contributed by atoms with E-state index in [4.69, 9.17) is 0 Å². The van der Waals surface area contributed by atoms with Gasteiger partial charge in [0.1, 0.15) is 5.82 Å². The van der Waals surface area contributed by atoms with Crippen LogP contribution in [0, 0.1) is 19.7 Å². The Balaban J connectivity index is 2.29. The van der Waals surface area contributed by atoms with Gasteiger partial charge in [0.2, 0.25) is 0 Å². The molecule has 4 heteroatoms. The van der Waals surface area contributed by atoms with E-state index in [1.165, 1.54) is 23.4 Å². The molecule has 0 aliphatic rings. The van der Waals surface area contributed by atoms with Crippen molar-refractivity contribution < 1.29 is 4.39 Å². The molecule has 0 saturated heterocycles. The van der Waals surface area contributed by atoms with Crippen LogP contribution in [0.2, 0.25) is 0 Å². The van der Waals surface area contributed by atoms with Gasteiger partial charge >= 0.3 is 0 Å². The van der Waals surface area contributed by atoms with Gasteiger partial charge in [-0.05, 0) is 44.5 Å². The second-order valence-corrected chi connectivity index (χ2v) is 5.15. The van der Waals surface area contributed by atoms with Gasteiger partial charge in [0.25, 0.3) is 0 Å². The van der Waals surface area contributed by atoms with E-state index in [-0.39, 0.29) is 11.9 Å². The summed E-state index contributed by atoms with van der Waals surface area (Å²) in [5.41, 5.74) is 4.60. The van der Waals surface area contributed by atoms with Gasteiger partial charge in [-0.15, -0.1) is 0 Å². The molecule has 20 heavy (non-hydrogen) atoms. The Hall–Kier alpha value is -1.68. The van der Waals surface area contributed by atoms with Gasteiger partial charge in [-0.1, -0.05) is 19.1 Å². The molecule has 2 rings (SSSR count). The molecular formula is C16H22FN3. The van der Waals surface area contributed by atoms with Gasteiger partial charge in [-0.2, -0.15) is 5.10 Å². The minimum absolute atomic E-state index is 0.192. The molecule has 1 N–H and O–H groups in total. The first-order chi connectivity index (χ1) is 9.52. The summed E-state index contributed by atoms with van der Waals surface area (Å²) in [6.07, 6.45) is 0.835. The summed E-state index contributed by atoms with van der Waals surface area (Å²) in [4.78, 5) is 0. The topological polar surface area (TPSA) is 29.9 Å². The number of hydrogen-bond donors (Lipinski definition) is 1. The van der Waals surface area contributed by atoms with Crippen molar-refractivity contribution in [2.24, 2.45) is 7.05 Å². The zero-order valence-corrected chi connectivity index (χ0v) is 12.6. The van der Waals surface area contributed by atoms with Crippen molar-refractivity contribution in [3.8, 4) is 0 Å². The standard InChI is InChI=1S/C16H22FN3/c1-5-18-15(10-13-6-8-14(17)9-7-13)16-11(2)19-20(4)12(16)3/h6-9,15,18H,5,10H2,1-4H3. The van der Waals surface area contributed by atoms with E-state index in [0.717, 1.165) is 24.2 Å². The van der Waals surface area contributed by atoms with E-state index in [0.29, 0.717) is 0 Å². The molecule has 0 aliphatic heterocycles. The molecule has 1 aromatic heterocycles. The first-order valence-electron chi connectivity index (χ1n) is 7.00. The maximum absolute atomic E-state index is 13.0. The van der Waals surface area contributed by atoms with Crippen LogP contribution in [-0.2, 0) is 13.5 Å². The quantitative estimate of drug-likeness (QED) is 0.909. The summed E-state index contributed by atoms with van der Waals surface area (Å²) < 4.78 is 14.9. The molecule has 0 spiro atoms. The average molecular weight is 275 g/mol. The normalized spacial score (nSPS) is 12.7. The van der Waals surface area contributed by atoms with Crippen molar-refractivity contribution in [2.75, 3.05) is 6.54 Å². The lowest BCUT2D eigenvalue weighted by molar-refractivity contribution is 0.543. The summed E-state index contributed by atoms with van der Waals surface area (Å²) >= 11 is 0. The van der Waals surface area contributed by atoms with Crippen LogP contribution >= 0.6 is 0 Å². The highest BCUT2D eigenvalue weighted by atomic mass is 19.1. The molecule has 1 heterocycles. The molecule has 1 unspecified atom stereocenters. The molecule has 0 aliphatic carbocycles. The molecule has 108 valence electrons. The number of aromatic nitrogens is 2. The Bertz CT molecular complexity index is 572. The van der Waals surface area contributed by atoms with Crippen LogP contribution in [-0.4, -0.2) is 16.3 Å². The van der Waals surface area contributed by atoms with Crippen molar-refractivity contribution in [2.45, 2.75) is 33.2 Å². The third-order valence-corrected chi connectivity index (χ3v) is 3.72. The van der Waals surface area contributed by atoms with Crippen LogP contribution < -0.4 is 5.32 Å². The summed E-state index contributed by atoms with van der Waals surface area (Å²) in [7, 11) is 1.97. The van der Waals surface area contributed by atoms with Gasteiger partial charge in [0.05, 0.1) is 5.69 Å². The lowest BCUT2D eigenvalue weighted by Crippen LogP contribution is -2.24. The lowest BCUT2D eigenvalue weighted by atomic mass is 9.97. The lowest BCUT2D eigenvalue weighted by Gasteiger charge is -2.19. The molecule has 1 atom stereocenters. The maximum Gasteiger partial charge on any atom is 0.123 e. The van der Waals surface area contributed by atoms with E-state index in [9.17, 15) is 4.39 Å². The summed E-state index contributed by atoms with van der Waals surface area (Å²) in [5, 5.41) is 8.00. The second kappa shape index (κ2) is 6.18. The fourth-order valence-electron chi connectivity index (χ4n) is 2.67. The van der Waals surface area contributed by atoms with E-state index in [1.807, 2.05) is 30.8 Å². The SMILES string of the molecule is CCNC(Cc1ccc(F)cc1)c1c(C)nn(C)c1C. The fraction of sp³-hybridized carbons (Fsp3) is 0.438. The number of benzene rings is 1. The van der Waals surface area contributed by atoms with E-state index >= 15 is 0 Å². The number of likely N-dealkylation sites (N-methyl/N-ethyl adjacent to an activating group) is 1. The predicted octanol–water partition coefficient (Wildman–Crippen LogP) is 3.07. The summed E-state index contributed by atoms with van der Waals surface area (Å²) in [6, 6.07) is 6.93. The number of halogens is 1. The van der Waals surface area contributed by atoms with Gasteiger partial charge in [0.15, 0.2) is 0 Å². The van der Waals surface area contributed by atoms with Crippen LogP contribution in [0.4, 0.5) is 4.39 Å². The number of nitrogens with zero attached hydrogens (tertiary/aromatic N) is 2. The van der Waals surface area contributed by atoms with Crippen LogP contribution in [0.5, 0.6) is 0 Å². The second-order valence-electron chi connectivity index (χ2n) is 5.15. The minimum Gasteiger partial charge on any atom is -0.310 e. The zero-order chi connectivity index (χ0) is 14.7. The molecule has 0 fully saturated rings. The van der Waals surface area contributed by atoms with Gasteiger partial charge < -0.3 is 5.32 Å². The van der Waals surface area contributed by atoms with E-state index < -0.39 is 0 Å². The molecule has 0 bridgehead atoms. The highest BCUT2D eigenvalue weighted by molar-refractivity contribution is 5.30. The molecule has 0 amide bonds. The van der Waals surface area contributed by atoms with Crippen molar-refractivity contribution >= 4 is 0 Å². The van der Waals surface area contributed by atoms with Crippen molar-refractivity contribution in [1.82, 2.24) is 15.1 Å². The maximum atomic E-state index is 13.0. The predicted molar refractivity (Wildman–Crippen MR) is 79.2 cm³/mol.